The largest absolute Gasteiger partial charge is 0.433 e. The summed E-state index contributed by atoms with van der Waals surface area (Å²) in [5, 5.41) is 2.27. The number of carbonyl (C=O) groups is 1. The lowest BCUT2D eigenvalue weighted by Crippen LogP contribution is -2.28. The minimum atomic E-state index is -4.74. The van der Waals surface area contributed by atoms with Crippen molar-refractivity contribution in [3.05, 3.63) is 87.6 Å². The summed E-state index contributed by atoms with van der Waals surface area (Å²) >= 11 is 5.79. The van der Waals surface area contributed by atoms with Gasteiger partial charge in [-0.15, -0.1) is 0 Å². The van der Waals surface area contributed by atoms with Crippen molar-refractivity contribution in [1.82, 2.24) is 15.0 Å². The zero-order valence-corrected chi connectivity index (χ0v) is 21.0. The molecule has 6 nitrogen and oxygen atoms in total. The molecule has 0 saturated heterocycles. The molecule has 0 aliphatic carbocycles. The van der Waals surface area contributed by atoms with Crippen molar-refractivity contribution in [2.45, 2.75) is 31.3 Å². The summed E-state index contributed by atoms with van der Waals surface area (Å²) in [6, 6.07) is 8.97. The van der Waals surface area contributed by atoms with Crippen molar-refractivity contribution < 1.29 is 35.2 Å². The topological polar surface area (TPSA) is 88.2 Å². The Bertz CT molecular complexity index is 1430. The number of nitrogens with one attached hydrogen (secondary N) is 2. The molecule has 3 rings (SSSR count). The first kappa shape index (κ1) is 28.5. The van der Waals surface area contributed by atoms with Crippen LogP contribution in [0.1, 0.15) is 35.2 Å². The van der Waals surface area contributed by atoms with Gasteiger partial charge in [0.15, 0.2) is 0 Å². The summed E-state index contributed by atoms with van der Waals surface area (Å²) in [7, 11) is -2.50. The predicted octanol–water partition coefficient (Wildman–Crippen LogP) is 5.17. The molecule has 198 valence electrons. The zero-order valence-electron chi connectivity index (χ0n) is 19.5. The van der Waals surface area contributed by atoms with E-state index in [0.29, 0.717) is 0 Å². The van der Waals surface area contributed by atoms with Crippen LogP contribution < -0.4 is 10.0 Å². The summed E-state index contributed by atoms with van der Waals surface area (Å²) in [5.41, 5.74) is -0.826. The van der Waals surface area contributed by atoms with Crippen LogP contribution in [0.5, 0.6) is 0 Å². The second-order valence-electron chi connectivity index (χ2n) is 8.08. The van der Waals surface area contributed by atoms with Crippen LogP contribution in [0, 0.1) is 11.6 Å². The van der Waals surface area contributed by atoms with E-state index in [1.807, 2.05) is 0 Å². The van der Waals surface area contributed by atoms with E-state index < -0.39 is 51.1 Å². The molecule has 0 aliphatic rings. The molecule has 3 aromatic rings. The van der Waals surface area contributed by atoms with Gasteiger partial charge in [-0.2, -0.15) is 13.2 Å². The third-order valence-corrected chi connectivity index (χ3v) is 7.14. The number of alkyl halides is 3. The fourth-order valence-corrected chi connectivity index (χ4v) is 4.36. The molecule has 1 aromatic heterocycles. The van der Waals surface area contributed by atoms with Gasteiger partial charge < -0.3 is 5.32 Å². The molecule has 0 aliphatic heterocycles. The molecule has 0 spiro atoms. The number of sulfonamides is 1. The fraction of sp³-hybridized carbons (Fsp3) is 0.250. The lowest BCUT2D eigenvalue weighted by molar-refractivity contribution is -0.141. The van der Waals surface area contributed by atoms with Gasteiger partial charge in [-0.05, 0) is 55.4 Å². The first-order valence-electron chi connectivity index (χ1n) is 10.7. The van der Waals surface area contributed by atoms with Gasteiger partial charge in [0.25, 0.3) is 0 Å². The molecule has 1 atom stereocenters. The van der Waals surface area contributed by atoms with E-state index >= 15 is 0 Å². The Morgan fingerprint density at radius 2 is 1.70 bits per heavy atom. The minimum absolute atomic E-state index is 0.0795. The molecule has 37 heavy (non-hydrogen) atoms. The highest BCUT2D eigenvalue weighted by Crippen LogP contribution is 2.32. The maximum atomic E-state index is 14.5. The molecule has 1 unspecified atom stereocenters. The lowest BCUT2D eigenvalue weighted by Gasteiger charge is -2.16. The molecule has 0 saturated carbocycles. The summed E-state index contributed by atoms with van der Waals surface area (Å²) in [4.78, 5) is 16.4. The van der Waals surface area contributed by atoms with Gasteiger partial charge in [0.1, 0.15) is 17.3 Å². The Morgan fingerprint density at radius 3 is 2.30 bits per heavy atom. The minimum Gasteiger partial charge on any atom is -0.351 e. The Kier molecular flexibility index (Phi) is 8.56. The SMILES string of the molecule is CNS(=O)(=O)Cc1ccc(C(C)C(=O)NCc2ccc(C(F)(F)F)nc2-c2ccc(F)c(Cl)c2)cc1F. The molecule has 13 heteroatoms. The molecule has 0 fully saturated rings. The quantitative estimate of drug-likeness (QED) is 0.372. The number of halogens is 6. The van der Waals surface area contributed by atoms with Crippen LogP contribution in [0.15, 0.2) is 48.5 Å². The maximum Gasteiger partial charge on any atom is 0.433 e. The van der Waals surface area contributed by atoms with Crippen molar-refractivity contribution >= 4 is 27.5 Å². The highest BCUT2D eigenvalue weighted by atomic mass is 35.5. The Morgan fingerprint density at radius 1 is 1.03 bits per heavy atom. The van der Waals surface area contributed by atoms with Crippen LogP contribution in [0.2, 0.25) is 5.02 Å². The number of amides is 1. The monoisotopic (exact) mass is 561 g/mol. The molecule has 2 aromatic carbocycles. The molecule has 2 N–H and O–H groups in total. The number of hydrogen-bond acceptors (Lipinski definition) is 4. The van der Waals surface area contributed by atoms with Crippen LogP contribution in [-0.4, -0.2) is 26.4 Å². The van der Waals surface area contributed by atoms with Crippen molar-refractivity contribution in [2.75, 3.05) is 7.05 Å². The van der Waals surface area contributed by atoms with Gasteiger partial charge in [-0.1, -0.05) is 29.8 Å². The number of benzene rings is 2. The fourth-order valence-electron chi connectivity index (χ4n) is 3.40. The van der Waals surface area contributed by atoms with E-state index in [4.69, 9.17) is 11.6 Å². The number of carbonyl (C=O) groups excluding carboxylic acids is 1. The average molecular weight is 562 g/mol. The van der Waals surface area contributed by atoms with Gasteiger partial charge in [0, 0.05) is 17.7 Å². The Hall–Kier alpha value is -3.09. The van der Waals surface area contributed by atoms with E-state index in [0.717, 1.165) is 30.3 Å². The van der Waals surface area contributed by atoms with Crippen molar-refractivity contribution in [1.29, 1.82) is 0 Å². The van der Waals surface area contributed by atoms with Crippen LogP contribution in [0.3, 0.4) is 0 Å². The van der Waals surface area contributed by atoms with E-state index in [9.17, 15) is 35.2 Å². The normalized spacial score (nSPS) is 12.9. The summed E-state index contributed by atoms with van der Waals surface area (Å²) < 4.78 is 93.2. The summed E-state index contributed by atoms with van der Waals surface area (Å²) in [6.45, 7) is 1.25. The maximum absolute atomic E-state index is 14.5. The molecule has 1 heterocycles. The van der Waals surface area contributed by atoms with E-state index in [1.165, 1.54) is 32.2 Å². The van der Waals surface area contributed by atoms with E-state index in [1.54, 1.807) is 0 Å². The van der Waals surface area contributed by atoms with Gasteiger partial charge in [-0.25, -0.2) is 26.9 Å². The van der Waals surface area contributed by atoms with Crippen LogP contribution >= 0.6 is 11.6 Å². The van der Waals surface area contributed by atoms with Crippen LogP contribution in [0.4, 0.5) is 22.0 Å². The molecular weight excluding hydrogens is 541 g/mol. The lowest BCUT2D eigenvalue weighted by atomic mass is 9.98. The predicted molar refractivity (Wildman–Crippen MR) is 128 cm³/mol. The number of nitrogens with zero attached hydrogens (tertiary/aromatic N) is 1. The van der Waals surface area contributed by atoms with E-state index in [-0.39, 0.29) is 39.5 Å². The van der Waals surface area contributed by atoms with Gasteiger partial charge >= 0.3 is 6.18 Å². The highest BCUT2D eigenvalue weighted by Gasteiger charge is 2.33. The Balaban J connectivity index is 1.83. The number of aromatic nitrogens is 1. The van der Waals surface area contributed by atoms with Gasteiger partial charge in [0.05, 0.1) is 22.4 Å². The van der Waals surface area contributed by atoms with Crippen LogP contribution in [-0.2, 0) is 33.3 Å². The summed E-state index contributed by atoms with van der Waals surface area (Å²) in [5.74, 6) is -3.59. The highest BCUT2D eigenvalue weighted by molar-refractivity contribution is 7.88. The molecule has 0 radical (unpaired) electrons. The summed E-state index contributed by atoms with van der Waals surface area (Å²) in [6.07, 6.45) is -4.74. The Labute approximate surface area is 214 Å². The second-order valence-corrected chi connectivity index (χ2v) is 10.4. The zero-order chi connectivity index (χ0) is 27.5. The van der Waals surface area contributed by atoms with Crippen molar-refractivity contribution in [2.24, 2.45) is 0 Å². The van der Waals surface area contributed by atoms with Crippen molar-refractivity contribution in [3.8, 4) is 11.3 Å². The first-order valence-corrected chi connectivity index (χ1v) is 12.7. The molecule has 1 amide bonds. The third-order valence-electron chi connectivity index (χ3n) is 5.54. The number of hydrogen-bond donors (Lipinski definition) is 2. The van der Waals surface area contributed by atoms with E-state index in [2.05, 4.69) is 15.0 Å². The number of pyridine rings is 1. The second kappa shape index (κ2) is 11.1. The number of rotatable bonds is 8. The van der Waals surface area contributed by atoms with Gasteiger partial charge in [0.2, 0.25) is 15.9 Å². The molecular formula is C24H21ClF5N3O3S. The van der Waals surface area contributed by atoms with Crippen LogP contribution in [0.25, 0.3) is 11.3 Å². The average Bonchev–Trinajstić information content (AvgIpc) is 2.84. The van der Waals surface area contributed by atoms with Crippen molar-refractivity contribution in [3.63, 3.8) is 0 Å². The van der Waals surface area contributed by atoms with Gasteiger partial charge in [-0.3, -0.25) is 4.79 Å². The first-order chi connectivity index (χ1) is 17.2. The standard InChI is InChI=1S/C24H21ClF5N3O3S/c1-13(14-3-4-17(20(27)10-14)12-37(35,36)31-2)23(34)32-11-16-6-8-21(24(28,29)30)33-22(16)15-5-7-19(26)18(25)9-15/h3-10,13,31H,11-12H2,1-2H3,(H,32,34). The molecule has 0 bridgehead atoms. The third kappa shape index (κ3) is 7.02. The smallest absolute Gasteiger partial charge is 0.351 e.